The molecule has 1 amide bonds. The van der Waals surface area contributed by atoms with Crippen molar-refractivity contribution < 1.29 is 19.0 Å². The van der Waals surface area contributed by atoms with Gasteiger partial charge in [-0.2, -0.15) is 0 Å². The van der Waals surface area contributed by atoms with Gasteiger partial charge < -0.3 is 19.1 Å². The van der Waals surface area contributed by atoms with Crippen LogP contribution < -0.4 is 14.2 Å². The van der Waals surface area contributed by atoms with Crippen LogP contribution in [-0.2, 0) is 17.8 Å². The predicted molar refractivity (Wildman–Crippen MR) is 117 cm³/mol. The van der Waals surface area contributed by atoms with Crippen LogP contribution in [0.1, 0.15) is 24.5 Å². The summed E-state index contributed by atoms with van der Waals surface area (Å²) in [7, 11) is 3.27. The molecule has 0 radical (unpaired) electrons. The number of ether oxygens (including phenoxy) is 3. The van der Waals surface area contributed by atoms with Crippen LogP contribution in [0.25, 0.3) is 0 Å². The summed E-state index contributed by atoms with van der Waals surface area (Å²) in [6.07, 6.45) is 1.17. The summed E-state index contributed by atoms with van der Waals surface area (Å²) >= 11 is 0. The minimum absolute atomic E-state index is 0.206. The smallest absolute Gasteiger partial charge is 0.222 e. The molecule has 1 fully saturated rings. The summed E-state index contributed by atoms with van der Waals surface area (Å²) in [6, 6.07) is 14.0. The van der Waals surface area contributed by atoms with Crippen LogP contribution in [0.5, 0.6) is 17.2 Å². The van der Waals surface area contributed by atoms with Crippen LogP contribution in [0, 0.1) is 0 Å². The van der Waals surface area contributed by atoms with E-state index >= 15 is 0 Å². The molecule has 1 heterocycles. The second-order valence-electron chi connectivity index (χ2n) is 7.45. The summed E-state index contributed by atoms with van der Waals surface area (Å²) in [5.41, 5.74) is 2.32. The second kappa shape index (κ2) is 10.9. The Bertz CT molecular complexity index is 792. The van der Waals surface area contributed by atoms with E-state index in [4.69, 9.17) is 14.2 Å². The lowest BCUT2D eigenvalue weighted by Crippen LogP contribution is -2.48. The lowest BCUT2D eigenvalue weighted by Gasteiger charge is -2.35. The maximum atomic E-state index is 12.7. The minimum Gasteiger partial charge on any atom is -0.497 e. The largest absolute Gasteiger partial charge is 0.497 e. The van der Waals surface area contributed by atoms with Crippen LogP contribution in [0.2, 0.25) is 0 Å². The molecule has 6 heteroatoms. The average molecular weight is 413 g/mol. The monoisotopic (exact) mass is 412 g/mol. The van der Waals surface area contributed by atoms with Crippen LogP contribution in [0.15, 0.2) is 42.5 Å². The van der Waals surface area contributed by atoms with Crippen LogP contribution >= 0.6 is 0 Å². The fraction of sp³-hybridized carbons (Fsp3) is 0.458. The maximum Gasteiger partial charge on any atom is 0.222 e. The van der Waals surface area contributed by atoms with Gasteiger partial charge in [0.05, 0.1) is 20.8 Å². The molecule has 6 nitrogen and oxygen atoms in total. The Morgan fingerprint density at radius 3 is 2.07 bits per heavy atom. The molecule has 3 rings (SSSR count). The highest BCUT2D eigenvalue weighted by atomic mass is 16.5. The Morgan fingerprint density at radius 1 is 0.867 bits per heavy atom. The van der Waals surface area contributed by atoms with E-state index in [1.807, 2.05) is 42.2 Å². The van der Waals surface area contributed by atoms with Gasteiger partial charge in [-0.25, -0.2) is 0 Å². The van der Waals surface area contributed by atoms with Crippen molar-refractivity contribution in [2.24, 2.45) is 0 Å². The number of carbonyl (C=O) groups excluding carboxylic acids is 1. The third kappa shape index (κ3) is 6.13. The molecule has 1 aliphatic heterocycles. The van der Waals surface area contributed by atoms with E-state index in [9.17, 15) is 4.79 Å². The molecule has 0 spiro atoms. The van der Waals surface area contributed by atoms with Gasteiger partial charge in [0.25, 0.3) is 0 Å². The first-order valence-electron chi connectivity index (χ1n) is 10.5. The second-order valence-corrected chi connectivity index (χ2v) is 7.45. The Labute approximate surface area is 179 Å². The first kappa shape index (κ1) is 22.0. The lowest BCUT2D eigenvalue weighted by atomic mass is 10.1. The zero-order valence-electron chi connectivity index (χ0n) is 18.2. The molecular weight excluding hydrogens is 380 g/mol. The van der Waals surface area contributed by atoms with E-state index < -0.39 is 0 Å². The van der Waals surface area contributed by atoms with E-state index in [1.54, 1.807) is 14.2 Å². The third-order valence-corrected chi connectivity index (χ3v) is 5.40. The highest BCUT2D eigenvalue weighted by molar-refractivity contribution is 5.76. The van der Waals surface area contributed by atoms with E-state index in [2.05, 4.69) is 17.0 Å². The van der Waals surface area contributed by atoms with Crippen molar-refractivity contribution in [1.82, 2.24) is 9.80 Å². The number of rotatable bonds is 9. The molecule has 30 heavy (non-hydrogen) atoms. The number of amides is 1. The Balaban J connectivity index is 1.45. The number of methoxy groups -OCH3 is 2. The fourth-order valence-corrected chi connectivity index (χ4v) is 3.69. The first-order chi connectivity index (χ1) is 14.6. The third-order valence-electron chi connectivity index (χ3n) is 5.40. The van der Waals surface area contributed by atoms with Crippen molar-refractivity contribution >= 4 is 5.91 Å². The predicted octanol–water partition coefficient (Wildman–Crippen LogP) is 3.38. The van der Waals surface area contributed by atoms with Crippen molar-refractivity contribution in [2.75, 3.05) is 47.0 Å². The number of piperazine rings is 1. The summed E-state index contributed by atoms with van der Waals surface area (Å²) < 4.78 is 16.1. The molecular formula is C24H32N2O4. The minimum atomic E-state index is 0.206. The van der Waals surface area contributed by atoms with Gasteiger partial charge in [-0.15, -0.1) is 0 Å². The topological polar surface area (TPSA) is 51.2 Å². The number of nitrogens with zero attached hydrogens (tertiary/aromatic N) is 2. The van der Waals surface area contributed by atoms with Crippen molar-refractivity contribution in [3.63, 3.8) is 0 Å². The molecule has 0 unspecified atom stereocenters. The fourth-order valence-electron chi connectivity index (χ4n) is 3.69. The van der Waals surface area contributed by atoms with Gasteiger partial charge in [-0.1, -0.05) is 12.1 Å². The zero-order chi connectivity index (χ0) is 21.3. The van der Waals surface area contributed by atoms with Gasteiger partial charge in [0, 0.05) is 45.2 Å². The molecule has 2 aromatic carbocycles. The maximum absolute atomic E-state index is 12.7. The van der Waals surface area contributed by atoms with Crippen LogP contribution in [0.3, 0.4) is 0 Å². The van der Waals surface area contributed by atoms with E-state index in [1.165, 1.54) is 5.56 Å². The standard InChI is InChI=1S/C24H32N2O4/c1-4-30-21-8-5-19(6-9-21)18-25-11-13-26(14-12-25)24(27)10-7-20-15-22(28-2)17-23(16-20)29-3/h5-6,8-9,15-17H,4,7,10-14,18H2,1-3H3. The van der Waals surface area contributed by atoms with Gasteiger partial charge in [-0.05, 0) is 48.7 Å². The van der Waals surface area contributed by atoms with Gasteiger partial charge in [0.2, 0.25) is 5.91 Å². The van der Waals surface area contributed by atoms with Gasteiger partial charge in [0.15, 0.2) is 0 Å². The van der Waals surface area contributed by atoms with Gasteiger partial charge in [0.1, 0.15) is 17.2 Å². The molecule has 0 aromatic heterocycles. The summed E-state index contributed by atoms with van der Waals surface area (Å²) in [5, 5.41) is 0. The van der Waals surface area contributed by atoms with Gasteiger partial charge >= 0.3 is 0 Å². The Hall–Kier alpha value is -2.73. The quantitative estimate of drug-likeness (QED) is 0.632. The van der Waals surface area contributed by atoms with Crippen LogP contribution in [-0.4, -0.2) is 62.7 Å². The Kier molecular flexibility index (Phi) is 7.97. The molecule has 2 aromatic rings. The lowest BCUT2D eigenvalue weighted by molar-refractivity contribution is -0.133. The van der Waals surface area contributed by atoms with E-state index in [0.717, 1.165) is 55.5 Å². The molecule has 0 bridgehead atoms. The first-order valence-corrected chi connectivity index (χ1v) is 10.5. The number of hydrogen-bond donors (Lipinski definition) is 0. The SMILES string of the molecule is CCOc1ccc(CN2CCN(C(=O)CCc3cc(OC)cc(OC)c3)CC2)cc1. The van der Waals surface area contributed by atoms with E-state index in [0.29, 0.717) is 19.4 Å². The number of benzene rings is 2. The highest BCUT2D eigenvalue weighted by Gasteiger charge is 2.21. The Morgan fingerprint density at radius 2 is 1.50 bits per heavy atom. The van der Waals surface area contributed by atoms with E-state index in [-0.39, 0.29) is 5.91 Å². The number of aryl methyl sites for hydroxylation is 1. The number of hydrogen-bond acceptors (Lipinski definition) is 5. The summed E-state index contributed by atoms with van der Waals surface area (Å²) in [5.74, 6) is 2.61. The molecule has 162 valence electrons. The zero-order valence-corrected chi connectivity index (χ0v) is 18.2. The molecule has 0 atom stereocenters. The van der Waals surface area contributed by atoms with Crippen molar-refractivity contribution in [3.8, 4) is 17.2 Å². The number of carbonyl (C=O) groups is 1. The van der Waals surface area contributed by atoms with Gasteiger partial charge in [-0.3, -0.25) is 9.69 Å². The average Bonchev–Trinajstić information content (AvgIpc) is 2.79. The van der Waals surface area contributed by atoms with Crippen LogP contribution in [0.4, 0.5) is 0 Å². The molecule has 1 saturated heterocycles. The summed E-state index contributed by atoms with van der Waals surface area (Å²) in [4.78, 5) is 17.0. The summed E-state index contributed by atoms with van der Waals surface area (Å²) in [6.45, 7) is 6.91. The molecule has 1 aliphatic rings. The van der Waals surface area contributed by atoms with Crippen molar-refractivity contribution in [2.45, 2.75) is 26.3 Å². The van der Waals surface area contributed by atoms with Crippen molar-refractivity contribution in [3.05, 3.63) is 53.6 Å². The van der Waals surface area contributed by atoms with Crippen molar-refractivity contribution in [1.29, 1.82) is 0 Å². The normalized spacial score (nSPS) is 14.4. The molecule has 0 aliphatic carbocycles. The molecule has 0 N–H and O–H groups in total. The highest BCUT2D eigenvalue weighted by Crippen LogP contribution is 2.23. The molecule has 0 saturated carbocycles.